The van der Waals surface area contributed by atoms with Crippen molar-refractivity contribution in [2.24, 2.45) is 22.7 Å². The molecule has 2 saturated carbocycles. The van der Waals surface area contributed by atoms with Gasteiger partial charge in [-0.25, -0.2) is 0 Å². The molecule has 63 heavy (non-hydrogen) atoms. The highest BCUT2D eigenvalue weighted by Gasteiger charge is 2.38. The van der Waals surface area contributed by atoms with E-state index < -0.39 is 0 Å². The summed E-state index contributed by atoms with van der Waals surface area (Å²) < 4.78 is 0. The summed E-state index contributed by atoms with van der Waals surface area (Å²) in [6.07, 6.45) is 10.6. The van der Waals surface area contributed by atoms with Gasteiger partial charge >= 0.3 is 0 Å². The van der Waals surface area contributed by atoms with Gasteiger partial charge in [0.1, 0.15) is 0 Å². The molecule has 1 nitrogen and oxygen atoms in total. The third kappa shape index (κ3) is 7.40. The maximum Gasteiger partial charge on any atom is 0.0465 e. The fraction of sp³-hybridized carbons (Fsp3) is 0.419. The van der Waals surface area contributed by atoms with Gasteiger partial charge in [-0.3, -0.25) is 0 Å². The molecule has 6 aromatic carbocycles. The fourth-order valence-electron chi connectivity index (χ4n) is 12.8. The van der Waals surface area contributed by atoms with Crippen LogP contribution in [0.1, 0.15) is 166 Å². The van der Waals surface area contributed by atoms with Crippen LogP contribution < -0.4 is 4.90 Å². The van der Waals surface area contributed by atoms with Crippen molar-refractivity contribution in [3.63, 3.8) is 0 Å². The Kier molecular flexibility index (Phi) is 10.3. The van der Waals surface area contributed by atoms with Gasteiger partial charge in [-0.05, 0) is 189 Å². The molecule has 0 amide bonds. The van der Waals surface area contributed by atoms with Crippen molar-refractivity contribution < 1.29 is 0 Å². The van der Waals surface area contributed by atoms with Gasteiger partial charge in [0, 0.05) is 27.9 Å². The molecule has 0 aromatic heterocycles. The van der Waals surface area contributed by atoms with Crippen LogP contribution in [0.2, 0.25) is 0 Å². The van der Waals surface area contributed by atoms with Crippen molar-refractivity contribution in [1.82, 2.24) is 0 Å². The van der Waals surface area contributed by atoms with Gasteiger partial charge in [0.25, 0.3) is 0 Å². The first-order valence-corrected chi connectivity index (χ1v) is 24.5. The fourth-order valence-corrected chi connectivity index (χ4v) is 12.8. The molecular formula is C62H71N. The first-order chi connectivity index (χ1) is 30.0. The van der Waals surface area contributed by atoms with Crippen LogP contribution >= 0.6 is 0 Å². The summed E-state index contributed by atoms with van der Waals surface area (Å²) in [6.45, 7) is 24.3. The molecule has 1 heteroatoms. The molecule has 10 rings (SSSR count). The van der Waals surface area contributed by atoms with Gasteiger partial charge in [0.2, 0.25) is 0 Å². The number of anilines is 3. The summed E-state index contributed by atoms with van der Waals surface area (Å²) in [5, 5.41) is 0. The molecule has 0 unspecified atom stereocenters. The van der Waals surface area contributed by atoms with E-state index in [4.69, 9.17) is 0 Å². The number of benzene rings is 6. The van der Waals surface area contributed by atoms with Crippen molar-refractivity contribution in [3.05, 3.63) is 161 Å². The minimum Gasteiger partial charge on any atom is -0.310 e. The lowest BCUT2D eigenvalue weighted by Crippen LogP contribution is -2.26. The highest BCUT2D eigenvalue weighted by atomic mass is 15.1. The van der Waals surface area contributed by atoms with Crippen molar-refractivity contribution in [3.8, 4) is 33.4 Å². The average Bonchev–Trinajstić information content (AvgIpc) is 3.65. The van der Waals surface area contributed by atoms with E-state index in [2.05, 4.69) is 202 Å². The molecule has 2 fully saturated rings. The van der Waals surface area contributed by atoms with Crippen LogP contribution in [0.3, 0.4) is 0 Å². The Morgan fingerprint density at radius 3 is 1.17 bits per heavy atom. The van der Waals surface area contributed by atoms with Crippen molar-refractivity contribution in [2.75, 3.05) is 4.90 Å². The van der Waals surface area contributed by atoms with E-state index in [0.29, 0.717) is 22.7 Å². The van der Waals surface area contributed by atoms with Gasteiger partial charge in [-0.2, -0.15) is 0 Å². The first-order valence-electron chi connectivity index (χ1n) is 24.5. The molecule has 0 saturated heterocycles. The van der Waals surface area contributed by atoms with E-state index in [9.17, 15) is 0 Å². The second kappa shape index (κ2) is 15.4. The zero-order valence-electron chi connectivity index (χ0n) is 40.0. The number of hydrogen-bond donors (Lipinski definition) is 0. The normalized spacial score (nSPS) is 22.2. The quantitative estimate of drug-likeness (QED) is 0.162. The van der Waals surface area contributed by atoms with Crippen LogP contribution in [-0.4, -0.2) is 0 Å². The minimum atomic E-state index is -0.0836. The minimum absolute atomic E-state index is 0.0836. The van der Waals surface area contributed by atoms with Crippen LogP contribution in [0.5, 0.6) is 0 Å². The Labute approximate surface area is 380 Å². The molecule has 0 bridgehead atoms. The van der Waals surface area contributed by atoms with Gasteiger partial charge < -0.3 is 4.90 Å². The summed E-state index contributed by atoms with van der Waals surface area (Å²) in [5.41, 5.74) is 21.2. The SMILES string of the molecule is CC1(C)c2ccccc2-c2ccc(N(c3ccc(-c4cc(C5CCC(C(C)(C)C)CC5)cc(C5CCC(C(C)(C)C)CC5)c4)cc3)c3ccc4c(c3)C(C)(C)c3ccccc3-4)cc21. The lowest BCUT2D eigenvalue weighted by atomic mass is 9.67. The Hall–Kier alpha value is -4.88. The molecule has 0 spiro atoms. The van der Waals surface area contributed by atoms with Crippen LogP contribution in [0, 0.1) is 22.7 Å². The molecule has 0 radical (unpaired) electrons. The van der Waals surface area contributed by atoms with Crippen molar-refractivity contribution in [2.45, 2.75) is 143 Å². The van der Waals surface area contributed by atoms with E-state index in [1.54, 1.807) is 11.1 Å². The second-order valence-corrected chi connectivity index (χ2v) is 23.4. The van der Waals surface area contributed by atoms with E-state index in [1.165, 1.54) is 124 Å². The third-order valence-electron chi connectivity index (χ3n) is 16.9. The summed E-state index contributed by atoms with van der Waals surface area (Å²) in [6, 6.07) is 49.9. The average molecular weight is 830 g/mol. The second-order valence-electron chi connectivity index (χ2n) is 23.4. The number of hydrogen-bond acceptors (Lipinski definition) is 1. The maximum absolute atomic E-state index is 2.66. The van der Waals surface area contributed by atoms with E-state index in [-0.39, 0.29) is 10.8 Å². The number of fused-ring (bicyclic) bond motifs is 6. The predicted octanol–water partition coefficient (Wildman–Crippen LogP) is 18.1. The van der Waals surface area contributed by atoms with Crippen LogP contribution in [0.15, 0.2) is 127 Å². The largest absolute Gasteiger partial charge is 0.310 e. The summed E-state index contributed by atoms with van der Waals surface area (Å²) in [4.78, 5) is 2.52. The molecule has 0 atom stereocenters. The highest BCUT2D eigenvalue weighted by molar-refractivity contribution is 5.88. The van der Waals surface area contributed by atoms with Crippen LogP contribution in [-0.2, 0) is 10.8 Å². The first kappa shape index (κ1) is 42.1. The van der Waals surface area contributed by atoms with E-state index in [0.717, 1.165) is 11.8 Å². The highest BCUT2D eigenvalue weighted by Crippen LogP contribution is 2.54. The third-order valence-corrected chi connectivity index (χ3v) is 16.9. The van der Waals surface area contributed by atoms with Crippen molar-refractivity contribution >= 4 is 17.1 Å². The molecule has 0 N–H and O–H groups in total. The molecule has 0 aliphatic heterocycles. The predicted molar refractivity (Wildman–Crippen MR) is 270 cm³/mol. The Morgan fingerprint density at radius 2 is 0.762 bits per heavy atom. The van der Waals surface area contributed by atoms with E-state index >= 15 is 0 Å². The lowest BCUT2D eigenvalue weighted by molar-refractivity contribution is 0.168. The molecule has 324 valence electrons. The molecule has 0 heterocycles. The monoisotopic (exact) mass is 830 g/mol. The Bertz CT molecular complexity index is 2500. The smallest absolute Gasteiger partial charge is 0.0465 e. The Balaban J connectivity index is 1.05. The molecular weight excluding hydrogens is 759 g/mol. The summed E-state index contributed by atoms with van der Waals surface area (Å²) in [7, 11) is 0. The van der Waals surface area contributed by atoms with Gasteiger partial charge in [-0.15, -0.1) is 0 Å². The topological polar surface area (TPSA) is 3.24 Å². The molecule has 6 aromatic rings. The standard InChI is InChI=1S/C62H71N/c1-59(2,3)46-25-19-40(20-26-46)43-35-44(41-21-27-47(28-22-41)60(4,5)6)37-45(36-43)42-23-29-48(30-24-42)63(49-31-33-53-51-15-11-13-17-55(51)61(7,8)57(53)38-49)50-32-34-54-52-16-12-14-18-56(52)62(9,10)58(54)39-50/h11-18,23-24,29-41,46-47H,19-22,25-28H2,1-10H3. The zero-order chi connectivity index (χ0) is 44.1. The molecule has 4 aliphatic carbocycles. The summed E-state index contributed by atoms with van der Waals surface area (Å²) >= 11 is 0. The number of nitrogens with zero attached hydrogens (tertiary/aromatic N) is 1. The van der Waals surface area contributed by atoms with Gasteiger partial charge in [0.05, 0.1) is 0 Å². The number of rotatable bonds is 6. The zero-order valence-corrected chi connectivity index (χ0v) is 40.0. The lowest BCUT2D eigenvalue weighted by Gasteiger charge is -2.38. The van der Waals surface area contributed by atoms with Crippen LogP contribution in [0.4, 0.5) is 17.1 Å². The van der Waals surface area contributed by atoms with Gasteiger partial charge in [0.15, 0.2) is 0 Å². The Morgan fingerprint density at radius 1 is 0.381 bits per heavy atom. The van der Waals surface area contributed by atoms with Gasteiger partial charge in [-0.1, -0.05) is 160 Å². The van der Waals surface area contributed by atoms with Crippen molar-refractivity contribution in [1.29, 1.82) is 0 Å². The summed E-state index contributed by atoms with van der Waals surface area (Å²) in [5.74, 6) is 2.93. The van der Waals surface area contributed by atoms with E-state index in [1.807, 2.05) is 0 Å². The molecule has 4 aliphatic rings. The van der Waals surface area contributed by atoms with Crippen LogP contribution in [0.25, 0.3) is 33.4 Å². The maximum atomic E-state index is 2.66.